The molecule has 0 radical (unpaired) electrons. The summed E-state index contributed by atoms with van der Waals surface area (Å²) in [4.78, 5) is 24.9. The van der Waals surface area contributed by atoms with E-state index in [-0.39, 0.29) is 6.54 Å². The van der Waals surface area contributed by atoms with Crippen molar-refractivity contribution in [3.8, 4) is 5.75 Å². The number of hydrogen-bond acceptors (Lipinski definition) is 4. The highest BCUT2D eigenvalue weighted by atomic mass is 35.5. The van der Waals surface area contributed by atoms with Crippen molar-refractivity contribution >= 4 is 28.8 Å². The van der Waals surface area contributed by atoms with Crippen LogP contribution < -0.4 is 16.2 Å². The Labute approximate surface area is 183 Å². The van der Waals surface area contributed by atoms with Crippen LogP contribution in [0.3, 0.4) is 0 Å². The van der Waals surface area contributed by atoms with Gasteiger partial charge in [0.05, 0.1) is 6.54 Å². The number of aromatic amines is 1. The molecule has 1 heterocycles. The number of halogens is 2. The zero-order valence-electron chi connectivity index (χ0n) is 16.5. The summed E-state index contributed by atoms with van der Waals surface area (Å²) in [6, 6.07) is 13.0. The number of hydrogen-bond donors (Lipinski definition) is 1. The van der Waals surface area contributed by atoms with Gasteiger partial charge < -0.3 is 9.26 Å². The first kappa shape index (κ1) is 22.0. The minimum atomic E-state index is -0.764. The minimum absolute atomic E-state index is 0.169. The van der Waals surface area contributed by atoms with Gasteiger partial charge in [-0.1, -0.05) is 54.8 Å². The van der Waals surface area contributed by atoms with E-state index in [1.807, 2.05) is 42.5 Å². The summed E-state index contributed by atoms with van der Waals surface area (Å²) >= 11 is 12.1. The lowest BCUT2D eigenvalue weighted by molar-refractivity contribution is 0.261. The van der Waals surface area contributed by atoms with Crippen LogP contribution in [0.15, 0.2) is 62.7 Å². The second-order valence-electron chi connectivity index (χ2n) is 6.80. The van der Waals surface area contributed by atoms with Crippen molar-refractivity contribution in [1.29, 1.82) is 0 Å². The number of nitrogens with zero attached hydrogens (tertiary/aromatic N) is 1. The van der Waals surface area contributed by atoms with E-state index >= 15 is 0 Å². The van der Waals surface area contributed by atoms with E-state index < -0.39 is 11.4 Å². The number of H-pyrrole nitrogens is 1. The van der Waals surface area contributed by atoms with Crippen LogP contribution in [-0.2, 0) is 13.2 Å². The van der Waals surface area contributed by atoms with Gasteiger partial charge in [-0.25, -0.2) is 14.6 Å². The molecular weight excluding hydrogens is 427 g/mol. The third-order valence-electron chi connectivity index (χ3n) is 4.46. The number of allylic oxidation sites excluding steroid dienone is 2. The highest BCUT2D eigenvalue weighted by molar-refractivity contribution is 6.34. The van der Waals surface area contributed by atoms with Gasteiger partial charge in [0.1, 0.15) is 12.4 Å². The van der Waals surface area contributed by atoms with E-state index in [1.165, 1.54) is 0 Å². The van der Waals surface area contributed by atoms with Crippen LogP contribution in [0, 0.1) is 0 Å². The number of rotatable bonds is 9. The Morgan fingerprint density at radius 3 is 2.60 bits per heavy atom. The fraction of sp³-hybridized carbons (Fsp3) is 0.273. The Morgan fingerprint density at radius 2 is 1.93 bits per heavy atom. The lowest BCUT2D eigenvalue weighted by Gasteiger charge is -2.11. The first-order valence-electron chi connectivity index (χ1n) is 9.62. The molecule has 3 rings (SSSR count). The fourth-order valence-corrected chi connectivity index (χ4v) is 3.58. The summed E-state index contributed by atoms with van der Waals surface area (Å²) in [6.07, 6.45) is 4.74. The lowest BCUT2D eigenvalue weighted by atomic mass is 9.99. The van der Waals surface area contributed by atoms with E-state index in [0.717, 1.165) is 40.7 Å². The van der Waals surface area contributed by atoms with Crippen molar-refractivity contribution in [2.45, 2.75) is 39.3 Å². The highest BCUT2D eigenvalue weighted by Crippen LogP contribution is 2.26. The molecule has 30 heavy (non-hydrogen) atoms. The minimum Gasteiger partial charge on any atom is -0.489 e. The van der Waals surface area contributed by atoms with Gasteiger partial charge >= 0.3 is 11.4 Å². The largest absolute Gasteiger partial charge is 0.489 e. The highest BCUT2D eigenvalue weighted by Gasteiger charge is 2.07. The molecule has 8 heteroatoms. The summed E-state index contributed by atoms with van der Waals surface area (Å²) in [5.41, 5.74) is 2.34. The summed E-state index contributed by atoms with van der Waals surface area (Å²) in [5, 5.41) is 1.12. The van der Waals surface area contributed by atoms with Crippen molar-refractivity contribution in [2.24, 2.45) is 0 Å². The van der Waals surface area contributed by atoms with Crippen molar-refractivity contribution in [2.75, 3.05) is 0 Å². The quantitative estimate of drug-likeness (QED) is 0.482. The zero-order valence-corrected chi connectivity index (χ0v) is 18.0. The standard InChI is InChI=1S/C22H22Cl2N2O4/c1-2-3-5-16(8-9-26-21(27)25-22(28)30-26)17-6-4-7-20(12-17)29-14-15-10-18(23)13-19(24)11-15/h4,6-8,10-13H,2-3,5,9,14H2,1H3,(H,25,27,28)/b16-8-. The van der Waals surface area contributed by atoms with E-state index in [4.69, 9.17) is 32.5 Å². The summed E-state index contributed by atoms with van der Waals surface area (Å²) in [7, 11) is 0. The third-order valence-corrected chi connectivity index (χ3v) is 4.90. The topological polar surface area (TPSA) is 77.2 Å². The molecule has 0 amide bonds. The maximum atomic E-state index is 11.7. The maximum absolute atomic E-state index is 11.7. The third kappa shape index (κ3) is 6.15. The zero-order chi connectivity index (χ0) is 21.5. The molecule has 158 valence electrons. The smallest absolute Gasteiger partial charge is 0.440 e. The van der Waals surface area contributed by atoms with E-state index in [9.17, 15) is 9.59 Å². The predicted octanol–water partition coefficient (Wildman–Crippen LogP) is 5.29. The summed E-state index contributed by atoms with van der Waals surface area (Å²) < 4.78 is 11.8. The average molecular weight is 449 g/mol. The molecule has 1 aromatic heterocycles. The molecule has 0 aliphatic heterocycles. The van der Waals surface area contributed by atoms with Gasteiger partial charge in [0.2, 0.25) is 0 Å². The van der Waals surface area contributed by atoms with Crippen molar-refractivity contribution < 1.29 is 9.26 Å². The molecule has 0 fully saturated rings. The second-order valence-corrected chi connectivity index (χ2v) is 7.67. The van der Waals surface area contributed by atoms with Crippen LogP contribution in [0.5, 0.6) is 5.75 Å². The van der Waals surface area contributed by atoms with Crippen LogP contribution in [0.1, 0.15) is 37.3 Å². The van der Waals surface area contributed by atoms with Crippen molar-refractivity contribution in [3.05, 3.63) is 90.7 Å². The normalized spacial score (nSPS) is 11.6. The van der Waals surface area contributed by atoms with Gasteiger partial charge in [0.15, 0.2) is 0 Å². The van der Waals surface area contributed by atoms with Crippen LogP contribution in [0.25, 0.3) is 5.57 Å². The molecule has 0 saturated carbocycles. The Morgan fingerprint density at radius 1 is 1.17 bits per heavy atom. The number of ether oxygens (including phenoxy) is 1. The van der Waals surface area contributed by atoms with E-state index in [0.29, 0.717) is 22.4 Å². The van der Waals surface area contributed by atoms with Gasteiger partial charge in [-0.2, -0.15) is 0 Å². The molecule has 0 aliphatic carbocycles. The molecule has 2 aromatic carbocycles. The van der Waals surface area contributed by atoms with Crippen molar-refractivity contribution in [1.82, 2.24) is 9.72 Å². The Bertz CT molecular complexity index is 1120. The molecule has 0 saturated heterocycles. The molecule has 3 aromatic rings. The predicted molar refractivity (Wildman–Crippen MR) is 118 cm³/mol. The first-order valence-corrected chi connectivity index (χ1v) is 10.4. The molecule has 0 aliphatic rings. The number of nitrogens with one attached hydrogen (secondary N) is 1. The van der Waals surface area contributed by atoms with Crippen LogP contribution in [0.4, 0.5) is 0 Å². The molecule has 1 N–H and O–H groups in total. The molecule has 6 nitrogen and oxygen atoms in total. The SMILES string of the molecule is CCCC/C(=C/Cn1oc(=O)[nH]c1=O)c1cccc(OCc2cc(Cl)cc(Cl)c2)c1. The van der Waals surface area contributed by atoms with Gasteiger partial charge in [0, 0.05) is 10.0 Å². The molecule has 0 spiro atoms. The van der Waals surface area contributed by atoms with Gasteiger partial charge in [-0.15, -0.1) is 4.74 Å². The lowest BCUT2D eigenvalue weighted by Crippen LogP contribution is -2.16. The van der Waals surface area contributed by atoms with Crippen LogP contribution >= 0.6 is 23.2 Å². The average Bonchev–Trinajstić information content (AvgIpc) is 3.03. The van der Waals surface area contributed by atoms with Crippen molar-refractivity contribution in [3.63, 3.8) is 0 Å². The maximum Gasteiger partial charge on any atom is 0.440 e. The van der Waals surface area contributed by atoms with E-state index in [1.54, 1.807) is 6.07 Å². The van der Waals surface area contributed by atoms with Gasteiger partial charge in [-0.3, -0.25) is 0 Å². The second kappa shape index (κ2) is 10.4. The monoisotopic (exact) mass is 448 g/mol. The number of unbranched alkanes of at least 4 members (excludes halogenated alkanes) is 1. The summed E-state index contributed by atoms with van der Waals surface area (Å²) in [6.45, 7) is 2.62. The Balaban J connectivity index is 1.78. The number of aromatic nitrogens is 2. The fourth-order valence-electron chi connectivity index (χ4n) is 3.01. The molecular formula is C22H22Cl2N2O4. The van der Waals surface area contributed by atoms with Gasteiger partial charge in [0.25, 0.3) is 0 Å². The number of benzene rings is 2. The summed E-state index contributed by atoms with van der Waals surface area (Å²) in [5.74, 6) is -0.0589. The molecule has 0 bridgehead atoms. The Kier molecular flexibility index (Phi) is 7.60. The van der Waals surface area contributed by atoms with Crippen LogP contribution in [0.2, 0.25) is 10.0 Å². The van der Waals surface area contributed by atoms with E-state index in [2.05, 4.69) is 11.9 Å². The van der Waals surface area contributed by atoms with Gasteiger partial charge in [-0.05, 0) is 59.9 Å². The Hall–Kier alpha value is -2.70. The van der Waals surface area contributed by atoms with Crippen LogP contribution in [-0.4, -0.2) is 9.72 Å². The first-order chi connectivity index (χ1) is 14.4. The molecule has 0 unspecified atom stereocenters. The molecule has 0 atom stereocenters.